The van der Waals surface area contributed by atoms with E-state index in [0.29, 0.717) is 11.6 Å². The van der Waals surface area contributed by atoms with Gasteiger partial charge >= 0.3 is 0 Å². The minimum Gasteiger partial charge on any atom is -0.274 e. The number of hydrogen-bond acceptors (Lipinski definition) is 3. The quantitative estimate of drug-likeness (QED) is 0.574. The molecule has 0 bridgehead atoms. The molecule has 1 atom stereocenters. The number of benzene rings is 3. The number of anilines is 1. The van der Waals surface area contributed by atoms with Gasteiger partial charge in [0, 0.05) is 11.7 Å². The number of nitrogens with zero attached hydrogens (tertiary/aromatic N) is 2. The third-order valence-corrected chi connectivity index (χ3v) is 5.70. The smallest absolute Gasteiger partial charge is 0.234 e. The van der Waals surface area contributed by atoms with E-state index in [1.165, 1.54) is 5.56 Å². The highest BCUT2D eigenvalue weighted by molar-refractivity contribution is 8.14. The zero-order chi connectivity index (χ0) is 18.6. The van der Waals surface area contributed by atoms with Crippen LogP contribution in [0.2, 0.25) is 0 Å². The van der Waals surface area contributed by atoms with Crippen LogP contribution in [0.3, 0.4) is 0 Å². The first-order chi connectivity index (χ1) is 13.2. The van der Waals surface area contributed by atoms with Crippen molar-refractivity contribution < 1.29 is 4.79 Å². The number of hydrogen-bond donors (Lipinski definition) is 0. The lowest BCUT2D eigenvalue weighted by Crippen LogP contribution is -2.40. The summed E-state index contributed by atoms with van der Waals surface area (Å²) in [5, 5.41) is 0.787. The molecule has 27 heavy (non-hydrogen) atoms. The monoisotopic (exact) mass is 372 g/mol. The van der Waals surface area contributed by atoms with Crippen LogP contribution in [0.5, 0.6) is 0 Å². The van der Waals surface area contributed by atoms with E-state index in [2.05, 4.69) is 31.2 Å². The van der Waals surface area contributed by atoms with Gasteiger partial charge in [0.1, 0.15) is 0 Å². The van der Waals surface area contributed by atoms with Gasteiger partial charge in [0.2, 0.25) is 5.91 Å². The Labute approximate surface area is 163 Å². The Kier molecular flexibility index (Phi) is 5.07. The molecule has 1 unspecified atom stereocenters. The van der Waals surface area contributed by atoms with E-state index in [1.54, 1.807) is 16.7 Å². The molecular weight excluding hydrogens is 352 g/mol. The average Bonchev–Trinajstić information content (AvgIpc) is 2.70. The SMILES string of the molecule is Cc1ccc(C2CC(=O)N(c3ccccc3)C(=Nc3ccccc3)S2)cc1. The number of amidine groups is 1. The second-order valence-electron chi connectivity index (χ2n) is 6.52. The van der Waals surface area contributed by atoms with Gasteiger partial charge < -0.3 is 0 Å². The zero-order valence-electron chi connectivity index (χ0n) is 15.1. The number of rotatable bonds is 3. The Hall–Kier alpha value is -2.85. The highest BCUT2D eigenvalue weighted by atomic mass is 32.2. The lowest BCUT2D eigenvalue weighted by molar-refractivity contribution is -0.117. The summed E-state index contributed by atoms with van der Waals surface area (Å²) in [4.78, 5) is 19.6. The van der Waals surface area contributed by atoms with E-state index >= 15 is 0 Å². The van der Waals surface area contributed by atoms with Crippen LogP contribution in [0, 0.1) is 6.92 Å². The molecule has 3 aromatic rings. The van der Waals surface area contributed by atoms with Gasteiger partial charge in [-0.1, -0.05) is 78.0 Å². The fraction of sp³-hybridized carbons (Fsp3) is 0.130. The fourth-order valence-corrected chi connectivity index (χ4v) is 4.31. The number of thioether (sulfide) groups is 1. The summed E-state index contributed by atoms with van der Waals surface area (Å²) in [5.41, 5.74) is 4.08. The first-order valence-electron chi connectivity index (χ1n) is 8.96. The van der Waals surface area contributed by atoms with E-state index in [9.17, 15) is 4.79 Å². The molecule has 0 saturated carbocycles. The molecule has 1 saturated heterocycles. The predicted molar refractivity (Wildman–Crippen MR) is 114 cm³/mol. The number of aryl methyl sites for hydroxylation is 1. The van der Waals surface area contributed by atoms with Crippen LogP contribution in [0.15, 0.2) is 89.9 Å². The van der Waals surface area contributed by atoms with Crippen LogP contribution in [-0.4, -0.2) is 11.1 Å². The van der Waals surface area contributed by atoms with E-state index in [1.807, 2.05) is 60.7 Å². The minimum atomic E-state index is 0.0696. The van der Waals surface area contributed by atoms with Gasteiger partial charge in [-0.15, -0.1) is 0 Å². The molecule has 4 heteroatoms. The van der Waals surface area contributed by atoms with Crippen molar-refractivity contribution in [2.24, 2.45) is 4.99 Å². The molecule has 1 amide bonds. The van der Waals surface area contributed by atoms with Crippen LogP contribution in [-0.2, 0) is 4.79 Å². The van der Waals surface area contributed by atoms with Gasteiger partial charge in [0.05, 0.1) is 11.4 Å². The van der Waals surface area contributed by atoms with E-state index < -0.39 is 0 Å². The summed E-state index contributed by atoms with van der Waals surface area (Å²) < 4.78 is 0. The number of carbonyl (C=O) groups is 1. The molecule has 0 aliphatic carbocycles. The van der Waals surface area contributed by atoms with Gasteiger partial charge in [-0.2, -0.15) is 0 Å². The molecule has 4 rings (SSSR count). The Morgan fingerprint density at radius 2 is 1.52 bits per heavy atom. The van der Waals surface area contributed by atoms with Crippen molar-refractivity contribution in [3.05, 3.63) is 96.1 Å². The highest BCUT2D eigenvalue weighted by Crippen LogP contribution is 2.41. The van der Waals surface area contributed by atoms with Crippen molar-refractivity contribution in [2.75, 3.05) is 4.90 Å². The van der Waals surface area contributed by atoms with Crippen LogP contribution in [0.1, 0.15) is 22.8 Å². The number of aliphatic imine (C=N–C) groups is 1. The maximum Gasteiger partial charge on any atom is 0.234 e. The van der Waals surface area contributed by atoms with Crippen molar-refractivity contribution in [2.45, 2.75) is 18.6 Å². The van der Waals surface area contributed by atoms with Crippen LogP contribution in [0.4, 0.5) is 11.4 Å². The third-order valence-electron chi connectivity index (χ3n) is 4.49. The summed E-state index contributed by atoms with van der Waals surface area (Å²) >= 11 is 1.65. The van der Waals surface area contributed by atoms with Crippen LogP contribution < -0.4 is 4.90 Å². The van der Waals surface area contributed by atoms with Gasteiger partial charge in [-0.05, 0) is 36.8 Å². The second-order valence-corrected chi connectivity index (χ2v) is 7.69. The zero-order valence-corrected chi connectivity index (χ0v) is 15.9. The molecule has 1 aliphatic heterocycles. The molecule has 1 aliphatic rings. The Balaban J connectivity index is 1.73. The predicted octanol–water partition coefficient (Wildman–Crippen LogP) is 5.89. The van der Waals surface area contributed by atoms with Gasteiger partial charge in [-0.25, -0.2) is 4.99 Å². The van der Waals surface area contributed by atoms with Gasteiger partial charge in [0.15, 0.2) is 5.17 Å². The number of para-hydroxylation sites is 2. The highest BCUT2D eigenvalue weighted by Gasteiger charge is 2.33. The summed E-state index contributed by atoms with van der Waals surface area (Å²) in [5.74, 6) is 0.0696. The maximum absolute atomic E-state index is 13.1. The molecule has 0 N–H and O–H groups in total. The number of amides is 1. The summed E-state index contributed by atoms with van der Waals surface area (Å²) in [7, 11) is 0. The fourth-order valence-electron chi connectivity index (χ4n) is 3.07. The van der Waals surface area contributed by atoms with Crippen LogP contribution >= 0.6 is 11.8 Å². The number of carbonyl (C=O) groups excluding carboxylic acids is 1. The molecule has 0 spiro atoms. The van der Waals surface area contributed by atoms with Crippen molar-refractivity contribution in [1.82, 2.24) is 0 Å². The van der Waals surface area contributed by atoms with E-state index in [0.717, 1.165) is 16.9 Å². The van der Waals surface area contributed by atoms with E-state index in [4.69, 9.17) is 4.99 Å². The van der Waals surface area contributed by atoms with Crippen LogP contribution in [0.25, 0.3) is 0 Å². The molecule has 3 aromatic carbocycles. The normalized spacial score (nSPS) is 18.7. The Morgan fingerprint density at radius 1 is 0.889 bits per heavy atom. The molecule has 1 heterocycles. The van der Waals surface area contributed by atoms with Crippen molar-refractivity contribution in [3.8, 4) is 0 Å². The first kappa shape index (κ1) is 17.6. The average molecular weight is 372 g/mol. The molecule has 3 nitrogen and oxygen atoms in total. The van der Waals surface area contributed by atoms with Crippen molar-refractivity contribution in [3.63, 3.8) is 0 Å². The lowest BCUT2D eigenvalue weighted by Gasteiger charge is -2.32. The Morgan fingerprint density at radius 3 is 2.19 bits per heavy atom. The Bertz CT molecular complexity index is 953. The van der Waals surface area contributed by atoms with Gasteiger partial charge in [0.25, 0.3) is 0 Å². The van der Waals surface area contributed by atoms with E-state index in [-0.39, 0.29) is 11.2 Å². The molecule has 0 aromatic heterocycles. The maximum atomic E-state index is 13.1. The van der Waals surface area contributed by atoms with Crippen molar-refractivity contribution >= 4 is 34.2 Å². The molecule has 0 radical (unpaired) electrons. The molecular formula is C23H20N2OS. The summed E-state index contributed by atoms with van der Waals surface area (Å²) in [6.45, 7) is 2.07. The summed E-state index contributed by atoms with van der Waals surface area (Å²) in [6.07, 6.45) is 0.455. The standard InChI is InChI=1S/C23H20N2OS/c1-17-12-14-18(15-13-17)21-16-22(26)25(20-10-6-3-7-11-20)23(27-21)24-19-8-4-2-5-9-19/h2-15,21H,16H2,1H3. The van der Waals surface area contributed by atoms with Gasteiger partial charge in [-0.3, -0.25) is 9.69 Å². The minimum absolute atomic E-state index is 0.0696. The molecule has 134 valence electrons. The van der Waals surface area contributed by atoms with Crippen molar-refractivity contribution in [1.29, 1.82) is 0 Å². The molecule has 1 fully saturated rings. The topological polar surface area (TPSA) is 32.7 Å². The summed E-state index contributed by atoms with van der Waals surface area (Å²) in [6, 6.07) is 27.9. The third kappa shape index (κ3) is 3.96. The largest absolute Gasteiger partial charge is 0.274 e. The first-order valence-corrected chi connectivity index (χ1v) is 9.83. The lowest BCUT2D eigenvalue weighted by atomic mass is 10.1. The second kappa shape index (κ2) is 7.80.